The molecular weight excluding hydrogens is 204 g/mol. The molecule has 0 aliphatic carbocycles. The summed E-state index contributed by atoms with van der Waals surface area (Å²) in [4.78, 5) is 0. The molecule has 0 aromatic carbocycles. The minimum absolute atomic E-state index is 0. The summed E-state index contributed by atoms with van der Waals surface area (Å²) in [5.41, 5.74) is 0.0949. The van der Waals surface area contributed by atoms with Gasteiger partial charge in [0.15, 0.2) is 0 Å². The van der Waals surface area contributed by atoms with Crippen LogP contribution < -0.4 is 12.4 Å². The first-order chi connectivity index (χ1) is 5.68. The van der Waals surface area contributed by atoms with E-state index in [1.54, 1.807) is 0 Å². The molecule has 0 radical (unpaired) electrons. The van der Waals surface area contributed by atoms with Gasteiger partial charge in [-0.2, -0.15) is 5.41 Å². The summed E-state index contributed by atoms with van der Waals surface area (Å²) >= 11 is 0. The van der Waals surface area contributed by atoms with E-state index in [4.69, 9.17) is 0 Å². The molecule has 0 nitrogen and oxygen atoms in total. The molecular formula is C12H19ClMg. The predicted octanol–water partition coefficient (Wildman–Crippen LogP) is 0.548. The molecule has 0 atom stereocenters. The van der Waals surface area contributed by atoms with Gasteiger partial charge in [-0.1, -0.05) is 37.5 Å². The molecule has 0 fully saturated rings. The molecule has 0 unspecified atom stereocenters. The van der Waals surface area contributed by atoms with Crippen LogP contribution in [0.3, 0.4) is 0 Å². The second-order valence-electron chi connectivity index (χ2n) is 3.31. The molecule has 0 saturated heterocycles. The molecule has 76 valence electrons. The fraction of sp³-hybridized carbons (Fsp3) is 0.417. The van der Waals surface area contributed by atoms with E-state index < -0.39 is 0 Å². The molecule has 0 heterocycles. The SMILES string of the molecule is C=CCCC([CH2-])(CC=C)CC=C.[Cl-].[Mg+2]. The van der Waals surface area contributed by atoms with Crippen LogP contribution in [0.25, 0.3) is 0 Å². The Balaban J connectivity index is -0.000000605. The topological polar surface area (TPSA) is 0 Å². The third-order valence-electron chi connectivity index (χ3n) is 2.03. The zero-order valence-electron chi connectivity index (χ0n) is 8.97. The van der Waals surface area contributed by atoms with Crippen molar-refractivity contribution in [3.05, 3.63) is 44.9 Å². The van der Waals surface area contributed by atoms with Crippen molar-refractivity contribution in [2.45, 2.75) is 25.7 Å². The van der Waals surface area contributed by atoms with Crippen LogP contribution in [0.15, 0.2) is 38.0 Å². The van der Waals surface area contributed by atoms with Crippen molar-refractivity contribution < 1.29 is 12.4 Å². The molecule has 0 spiro atoms. The van der Waals surface area contributed by atoms with Crippen molar-refractivity contribution in [2.24, 2.45) is 5.41 Å². The molecule has 0 amide bonds. The maximum absolute atomic E-state index is 4.20. The third-order valence-corrected chi connectivity index (χ3v) is 2.03. The van der Waals surface area contributed by atoms with Crippen LogP contribution in [0.2, 0.25) is 0 Å². The number of hydrogen-bond acceptors (Lipinski definition) is 0. The zero-order chi connectivity index (χ0) is 9.45. The van der Waals surface area contributed by atoms with Crippen molar-refractivity contribution in [3.8, 4) is 0 Å². The van der Waals surface area contributed by atoms with Gasteiger partial charge in [0.2, 0.25) is 0 Å². The Hall–Kier alpha value is 0.276. The fourth-order valence-corrected chi connectivity index (χ4v) is 1.31. The Morgan fingerprint density at radius 1 is 1.00 bits per heavy atom. The van der Waals surface area contributed by atoms with E-state index in [1.807, 2.05) is 18.2 Å². The van der Waals surface area contributed by atoms with E-state index in [0.717, 1.165) is 25.7 Å². The summed E-state index contributed by atoms with van der Waals surface area (Å²) in [6.45, 7) is 15.4. The summed E-state index contributed by atoms with van der Waals surface area (Å²) < 4.78 is 0. The van der Waals surface area contributed by atoms with Crippen LogP contribution in [0.1, 0.15) is 25.7 Å². The van der Waals surface area contributed by atoms with Crippen LogP contribution in [0.4, 0.5) is 0 Å². The minimum atomic E-state index is 0. The smallest absolute Gasteiger partial charge is 1.00 e. The number of hydrogen-bond donors (Lipinski definition) is 0. The quantitative estimate of drug-likeness (QED) is 0.336. The predicted molar refractivity (Wildman–Crippen MR) is 62.6 cm³/mol. The normalized spacial score (nSPS) is 9.21. The number of rotatable bonds is 7. The summed E-state index contributed by atoms with van der Waals surface area (Å²) in [6, 6.07) is 0. The Kier molecular flexibility index (Phi) is 16.0. The summed E-state index contributed by atoms with van der Waals surface area (Å²) in [6.07, 6.45) is 9.78. The van der Waals surface area contributed by atoms with Gasteiger partial charge in [0.05, 0.1) is 0 Å². The van der Waals surface area contributed by atoms with E-state index in [2.05, 4.69) is 26.7 Å². The standard InChI is InChI=1S/C12H19.ClH.Mg/c1-5-8-11-12(4,9-6-2)10-7-3;;/h5-7H,1-4,8-11H2;1H;/q-1;;+2/p-1. The second kappa shape index (κ2) is 11.4. The largest absolute Gasteiger partial charge is 2.00 e. The third kappa shape index (κ3) is 8.86. The molecule has 14 heavy (non-hydrogen) atoms. The van der Waals surface area contributed by atoms with Gasteiger partial charge in [0.25, 0.3) is 0 Å². The van der Waals surface area contributed by atoms with Gasteiger partial charge in [0.1, 0.15) is 0 Å². The van der Waals surface area contributed by atoms with Crippen molar-refractivity contribution >= 4 is 23.1 Å². The molecule has 0 bridgehead atoms. The molecule has 2 heteroatoms. The van der Waals surface area contributed by atoms with Gasteiger partial charge in [-0.05, 0) is 6.42 Å². The zero-order valence-corrected chi connectivity index (χ0v) is 11.1. The summed E-state index contributed by atoms with van der Waals surface area (Å²) in [5.74, 6) is 0. The van der Waals surface area contributed by atoms with Crippen molar-refractivity contribution in [3.63, 3.8) is 0 Å². The Morgan fingerprint density at radius 3 is 1.71 bits per heavy atom. The van der Waals surface area contributed by atoms with E-state index in [-0.39, 0.29) is 40.9 Å². The molecule has 0 saturated carbocycles. The molecule has 0 N–H and O–H groups in total. The van der Waals surface area contributed by atoms with Gasteiger partial charge < -0.3 is 19.3 Å². The van der Waals surface area contributed by atoms with E-state index in [1.165, 1.54) is 0 Å². The van der Waals surface area contributed by atoms with Gasteiger partial charge >= 0.3 is 23.1 Å². The van der Waals surface area contributed by atoms with Crippen molar-refractivity contribution in [1.29, 1.82) is 0 Å². The Bertz CT molecular complexity index is 154. The molecule has 0 aromatic heterocycles. The second-order valence-corrected chi connectivity index (χ2v) is 3.31. The van der Waals surface area contributed by atoms with Crippen molar-refractivity contribution in [1.82, 2.24) is 0 Å². The first-order valence-corrected chi connectivity index (χ1v) is 4.36. The van der Waals surface area contributed by atoms with Crippen LogP contribution >= 0.6 is 0 Å². The number of halogens is 1. The summed E-state index contributed by atoms with van der Waals surface area (Å²) in [7, 11) is 0. The van der Waals surface area contributed by atoms with Gasteiger partial charge in [-0.3, -0.25) is 0 Å². The van der Waals surface area contributed by atoms with Crippen LogP contribution in [0.5, 0.6) is 0 Å². The van der Waals surface area contributed by atoms with Gasteiger partial charge in [-0.25, -0.2) is 0 Å². The maximum Gasteiger partial charge on any atom is 2.00 e. The average molecular weight is 223 g/mol. The van der Waals surface area contributed by atoms with E-state index in [9.17, 15) is 0 Å². The fourth-order valence-electron chi connectivity index (χ4n) is 1.31. The molecule has 0 aliphatic rings. The van der Waals surface area contributed by atoms with Crippen molar-refractivity contribution in [2.75, 3.05) is 0 Å². The van der Waals surface area contributed by atoms with Crippen LogP contribution in [-0.2, 0) is 0 Å². The van der Waals surface area contributed by atoms with E-state index in [0.29, 0.717) is 0 Å². The molecule has 0 aromatic rings. The molecule has 0 aliphatic heterocycles. The van der Waals surface area contributed by atoms with Crippen LogP contribution in [-0.4, -0.2) is 23.1 Å². The number of allylic oxidation sites excluding steroid dienone is 3. The maximum atomic E-state index is 4.20. The minimum Gasteiger partial charge on any atom is -1.00 e. The van der Waals surface area contributed by atoms with Gasteiger partial charge in [0, 0.05) is 0 Å². The first-order valence-electron chi connectivity index (χ1n) is 4.36. The van der Waals surface area contributed by atoms with Gasteiger partial charge in [-0.15, -0.1) is 19.7 Å². The van der Waals surface area contributed by atoms with E-state index >= 15 is 0 Å². The monoisotopic (exact) mass is 222 g/mol. The Labute approximate surface area is 111 Å². The average Bonchev–Trinajstić information content (AvgIpc) is 2.02. The first kappa shape index (κ1) is 19.8. The summed E-state index contributed by atoms with van der Waals surface area (Å²) in [5, 5.41) is 0. The molecule has 0 rings (SSSR count). The Morgan fingerprint density at radius 2 is 1.43 bits per heavy atom. The van der Waals surface area contributed by atoms with Crippen LogP contribution in [0, 0.1) is 12.3 Å².